The molecule has 26 heavy (non-hydrogen) atoms. The standard InChI is InChI=1S/C15H28N4O7/c1-6(2)10(13(23)17-7(3)15(25)26)18-14(24)11(8(4)21)19-12(22)9(16)5-20/h6-11,20-21H,5,16H2,1-4H3,(H,17,23)(H,18,24)(H,19,22)(H,25,26). The van der Waals surface area contributed by atoms with Crippen LogP contribution in [0.15, 0.2) is 0 Å². The summed E-state index contributed by atoms with van der Waals surface area (Å²) in [6, 6.07) is -4.93. The van der Waals surface area contributed by atoms with Gasteiger partial charge in [-0.1, -0.05) is 13.8 Å². The lowest BCUT2D eigenvalue weighted by Gasteiger charge is -2.27. The highest BCUT2D eigenvalue weighted by Gasteiger charge is 2.32. The first kappa shape index (κ1) is 23.8. The zero-order valence-corrected chi connectivity index (χ0v) is 15.2. The number of rotatable bonds is 10. The van der Waals surface area contributed by atoms with Gasteiger partial charge in [0.1, 0.15) is 24.2 Å². The number of carbonyl (C=O) groups excluding carboxylic acids is 3. The maximum atomic E-state index is 12.4. The fourth-order valence-corrected chi connectivity index (χ4v) is 1.89. The average Bonchev–Trinajstić information content (AvgIpc) is 2.55. The van der Waals surface area contributed by atoms with E-state index in [9.17, 15) is 24.3 Å². The Morgan fingerprint density at radius 1 is 0.885 bits per heavy atom. The Bertz CT molecular complexity index is 524. The van der Waals surface area contributed by atoms with Crippen molar-refractivity contribution in [2.24, 2.45) is 11.7 Å². The topological polar surface area (TPSA) is 191 Å². The summed E-state index contributed by atoms with van der Waals surface area (Å²) in [7, 11) is 0. The second-order valence-corrected chi connectivity index (χ2v) is 6.31. The number of nitrogens with one attached hydrogen (secondary N) is 3. The monoisotopic (exact) mass is 376 g/mol. The van der Waals surface area contributed by atoms with Crippen LogP contribution >= 0.6 is 0 Å². The van der Waals surface area contributed by atoms with Crippen LogP contribution in [0.2, 0.25) is 0 Å². The van der Waals surface area contributed by atoms with Crippen LogP contribution in [0.5, 0.6) is 0 Å². The molecule has 0 aromatic rings. The van der Waals surface area contributed by atoms with Gasteiger partial charge in [-0.3, -0.25) is 19.2 Å². The van der Waals surface area contributed by atoms with Crippen molar-refractivity contribution >= 4 is 23.7 Å². The Balaban J connectivity index is 5.17. The summed E-state index contributed by atoms with van der Waals surface area (Å²) in [6.45, 7) is 5.14. The molecule has 0 aromatic heterocycles. The fraction of sp³-hybridized carbons (Fsp3) is 0.733. The van der Waals surface area contributed by atoms with Crippen molar-refractivity contribution in [3.8, 4) is 0 Å². The quantitative estimate of drug-likeness (QED) is 0.208. The molecule has 0 aliphatic heterocycles. The molecule has 0 heterocycles. The largest absolute Gasteiger partial charge is 0.480 e. The van der Waals surface area contributed by atoms with Gasteiger partial charge in [0.2, 0.25) is 17.7 Å². The first-order chi connectivity index (χ1) is 11.9. The second kappa shape index (κ2) is 10.7. The molecule has 0 rings (SSSR count). The van der Waals surface area contributed by atoms with E-state index < -0.39 is 66.5 Å². The Kier molecular flexibility index (Phi) is 9.76. The third-order valence-electron chi connectivity index (χ3n) is 3.57. The number of aliphatic hydroxyl groups is 2. The normalized spacial score (nSPS) is 16.8. The van der Waals surface area contributed by atoms with Crippen LogP contribution in [-0.4, -0.2) is 75.9 Å². The molecule has 5 unspecified atom stereocenters. The zero-order valence-electron chi connectivity index (χ0n) is 15.2. The minimum Gasteiger partial charge on any atom is -0.480 e. The van der Waals surface area contributed by atoms with Crippen molar-refractivity contribution in [1.82, 2.24) is 16.0 Å². The smallest absolute Gasteiger partial charge is 0.325 e. The summed E-state index contributed by atoms with van der Waals surface area (Å²) in [5, 5.41) is 34.3. The van der Waals surface area contributed by atoms with Crippen LogP contribution in [0.1, 0.15) is 27.7 Å². The third-order valence-corrected chi connectivity index (χ3v) is 3.57. The van der Waals surface area contributed by atoms with E-state index >= 15 is 0 Å². The number of carboxylic acid groups (broad SMARTS) is 1. The molecular weight excluding hydrogens is 348 g/mol. The molecule has 11 heteroatoms. The van der Waals surface area contributed by atoms with E-state index in [0.29, 0.717) is 0 Å². The SMILES string of the molecule is CC(NC(=O)C(NC(=O)C(NC(=O)C(N)CO)C(C)O)C(C)C)C(=O)O. The summed E-state index contributed by atoms with van der Waals surface area (Å²) < 4.78 is 0. The van der Waals surface area contributed by atoms with Gasteiger partial charge in [-0.25, -0.2) is 0 Å². The molecule has 150 valence electrons. The van der Waals surface area contributed by atoms with Crippen LogP contribution in [0, 0.1) is 5.92 Å². The molecule has 3 amide bonds. The summed E-state index contributed by atoms with van der Waals surface area (Å²) in [4.78, 5) is 47.2. The first-order valence-corrected chi connectivity index (χ1v) is 8.10. The van der Waals surface area contributed by atoms with Crippen molar-refractivity contribution < 1.29 is 34.5 Å². The Hall–Kier alpha value is -2.24. The van der Waals surface area contributed by atoms with Gasteiger partial charge < -0.3 is 37.0 Å². The van der Waals surface area contributed by atoms with E-state index in [2.05, 4.69) is 16.0 Å². The number of nitrogens with two attached hydrogens (primary N) is 1. The number of carbonyl (C=O) groups is 4. The van der Waals surface area contributed by atoms with Gasteiger partial charge in [-0.15, -0.1) is 0 Å². The highest BCUT2D eigenvalue weighted by molar-refractivity contribution is 5.94. The molecule has 0 saturated heterocycles. The second-order valence-electron chi connectivity index (χ2n) is 6.31. The van der Waals surface area contributed by atoms with E-state index in [1.165, 1.54) is 13.8 Å². The van der Waals surface area contributed by atoms with Crippen molar-refractivity contribution in [3.05, 3.63) is 0 Å². The third kappa shape index (κ3) is 7.33. The predicted octanol–water partition coefficient (Wildman–Crippen LogP) is -3.10. The van der Waals surface area contributed by atoms with Crippen LogP contribution in [0.3, 0.4) is 0 Å². The average molecular weight is 376 g/mol. The van der Waals surface area contributed by atoms with Crippen LogP contribution in [-0.2, 0) is 19.2 Å². The molecule has 11 nitrogen and oxygen atoms in total. The number of aliphatic carboxylic acids is 1. The van der Waals surface area contributed by atoms with Crippen LogP contribution < -0.4 is 21.7 Å². The number of aliphatic hydroxyl groups excluding tert-OH is 2. The lowest BCUT2D eigenvalue weighted by atomic mass is 10.0. The Labute approximate surface area is 151 Å². The summed E-state index contributed by atoms with van der Waals surface area (Å²) >= 11 is 0. The van der Waals surface area contributed by atoms with Gasteiger partial charge >= 0.3 is 5.97 Å². The molecule has 0 bridgehead atoms. The predicted molar refractivity (Wildman–Crippen MR) is 90.7 cm³/mol. The van der Waals surface area contributed by atoms with E-state index in [-0.39, 0.29) is 0 Å². The molecule has 0 saturated carbocycles. The van der Waals surface area contributed by atoms with E-state index in [0.717, 1.165) is 0 Å². The van der Waals surface area contributed by atoms with Gasteiger partial charge in [0.15, 0.2) is 0 Å². The van der Waals surface area contributed by atoms with Crippen molar-refractivity contribution in [1.29, 1.82) is 0 Å². The maximum Gasteiger partial charge on any atom is 0.325 e. The van der Waals surface area contributed by atoms with E-state index in [4.69, 9.17) is 15.9 Å². The molecule has 0 aromatic carbocycles. The van der Waals surface area contributed by atoms with Gasteiger partial charge in [0, 0.05) is 0 Å². The van der Waals surface area contributed by atoms with Gasteiger partial charge in [-0.05, 0) is 19.8 Å². The molecule has 0 spiro atoms. The molecule has 0 aliphatic rings. The number of amides is 3. The number of carboxylic acids is 1. The molecule has 5 atom stereocenters. The molecular formula is C15H28N4O7. The lowest BCUT2D eigenvalue weighted by molar-refractivity contribution is -0.142. The van der Waals surface area contributed by atoms with Gasteiger partial charge in [0.25, 0.3) is 0 Å². The Morgan fingerprint density at radius 3 is 1.73 bits per heavy atom. The zero-order chi connectivity index (χ0) is 20.6. The minimum atomic E-state index is -1.41. The number of hydrogen-bond donors (Lipinski definition) is 7. The van der Waals surface area contributed by atoms with E-state index in [1.807, 2.05) is 0 Å². The number of hydrogen-bond acceptors (Lipinski definition) is 7. The molecule has 0 radical (unpaired) electrons. The molecule has 0 aliphatic carbocycles. The fourth-order valence-electron chi connectivity index (χ4n) is 1.89. The summed E-state index contributed by atoms with van der Waals surface area (Å²) in [6.07, 6.45) is -1.31. The van der Waals surface area contributed by atoms with Crippen molar-refractivity contribution in [3.63, 3.8) is 0 Å². The molecule has 8 N–H and O–H groups in total. The summed E-state index contributed by atoms with van der Waals surface area (Å²) in [5.74, 6) is -4.05. The van der Waals surface area contributed by atoms with Crippen molar-refractivity contribution in [2.75, 3.05) is 6.61 Å². The van der Waals surface area contributed by atoms with Crippen LogP contribution in [0.25, 0.3) is 0 Å². The van der Waals surface area contributed by atoms with Gasteiger partial charge in [0.05, 0.1) is 12.7 Å². The summed E-state index contributed by atoms with van der Waals surface area (Å²) in [5.41, 5.74) is 5.35. The highest BCUT2D eigenvalue weighted by Crippen LogP contribution is 2.05. The van der Waals surface area contributed by atoms with E-state index in [1.54, 1.807) is 13.8 Å². The van der Waals surface area contributed by atoms with Gasteiger partial charge in [-0.2, -0.15) is 0 Å². The van der Waals surface area contributed by atoms with Crippen LogP contribution in [0.4, 0.5) is 0 Å². The first-order valence-electron chi connectivity index (χ1n) is 8.10. The van der Waals surface area contributed by atoms with Crippen molar-refractivity contribution in [2.45, 2.75) is 58.0 Å². The maximum absolute atomic E-state index is 12.4. The highest BCUT2D eigenvalue weighted by atomic mass is 16.4. The molecule has 0 fully saturated rings. The minimum absolute atomic E-state index is 0.398. The lowest BCUT2D eigenvalue weighted by Crippen LogP contribution is -2.60. The Morgan fingerprint density at radius 2 is 1.35 bits per heavy atom.